The molecule has 0 spiro atoms. The van der Waals surface area contributed by atoms with Crippen molar-refractivity contribution in [2.45, 2.75) is 18.9 Å². The lowest BCUT2D eigenvalue weighted by atomic mass is 10.1. The Balaban J connectivity index is 1.54. The summed E-state index contributed by atoms with van der Waals surface area (Å²) < 4.78 is 15.0. The molecule has 0 radical (unpaired) electrons. The molecule has 10 heteroatoms. The molecule has 2 aromatic rings. The van der Waals surface area contributed by atoms with Crippen molar-refractivity contribution in [3.63, 3.8) is 0 Å². The first-order valence-corrected chi connectivity index (χ1v) is 11.8. The molecule has 9 nitrogen and oxygen atoms in total. The average molecular weight is 482 g/mol. The summed E-state index contributed by atoms with van der Waals surface area (Å²) in [5, 5.41) is 6.00. The van der Waals surface area contributed by atoms with Crippen molar-refractivity contribution in [2.24, 2.45) is 5.73 Å². The third-order valence-electron chi connectivity index (χ3n) is 6.47. The van der Waals surface area contributed by atoms with E-state index in [2.05, 4.69) is 39.0 Å². The molecule has 1 aromatic heterocycles. The summed E-state index contributed by atoms with van der Waals surface area (Å²) in [4.78, 5) is 34.6. The maximum absolute atomic E-state index is 15.0. The number of piperazine rings is 1. The number of halogens is 1. The van der Waals surface area contributed by atoms with Crippen LogP contribution >= 0.6 is 0 Å². The van der Waals surface area contributed by atoms with E-state index in [1.165, 1.54) is 6.08 Å². The molecule has 1 unspecified atom stereocenters. The number of nitrogens with one attached hydrogen (secondary N) is 2. The highest BCUT2D eigenvalue weighted by molar-refractivity contribution is 5.98. The van der Waals surface area contributed by atoms with Gasteiger partial charge in [-0.05, 0) is 56.3 Å². The Labute approximate surface area is 204 Å². The summed E-state index contributed by atoms with van der Waals surface area (Å²) >= 11 is 0. The zero-order valence-electron chi connectivity index (χ0n) is 20.0. The molecular weight excluding hydrogens is 449 g/mol. The van der Waals surface area contributed by atoms with Crippen molar-refractivity contribution >= 4 is 34.8 Å². The summed E-state index contributed by atoms with van der Waals surface area (Å²) in [5.41, 5.74) is 7.33. The molecule has 4 rings (SSSR count). The summed E-state index contributed by atoms with van der Waals surface area (Å²) in [5.74, 6) is -1.36. The lowest BCUT2D eigenvalue weighted by Gasteiger charge is -2.34. The van der Waals surface area contributed by atoms with E-state index in [1.54, 1.807) is 4.90 Å². The zero-order valence-corrected chi connectivity index (χ0v) is 20.0. The van der Waals surface area contributed by atoms with Crippen molar-refractivity contribution in [3.8, 4) is 0 Å². The molecule has 0 saturated carbocycles. The number of aromatic nitrogens is 1. The Hall–Kier alpha value is -3.66. The molecular formula is C25H32FN7O2. The molecule has 2 amide bonds. The molecule has 4 N–H and O–H groups in total. The van der Waals surface area contributed by atoms with Crippen LogP contribution in [0.25, 0.3) is 0 Å². The largest absolute Gasteiger partial charge is 0.369 e. The van der Waals surface area contributed by atoms with Crippen LogP contribution in [0.15, 0.2) is 43.0 Å². The number of hydrogen-bond acceptors (Lipinski definition) is 7. The minimum absolute atomic E-state index is 0.0251. The predicted molar refractivity (Wildman–Crippen MR) is 136 cm³/mol. The molecule has 0 aliphatic carbocycles. The van der Waals surface area contributed by atoms with Gasteiger partial charge in [-0.3, -0.25) is 9.59 Å². The van der Waals surface area contributed by atoms with Gasteiger partial charge in [0.05, 0.1) is 5.56 Å². The highest BCUT2D eigenvalue weighted by Crippen LogP contribution is 2.29. The van der Waals surface area contributed by atoms with E-state index >= 15 is 4.39 Å². The quantitative estimate of drug-likeness (QED) is 0.520. The number of benzene rings is 1. The number of carbonyl (C=O) groups excluding carboxylic acids is 2. The summed E-state index contributed by atoms with van der Waals surface area (Å²) in [7, 11) is 2.12. The predicted octanol–water partition coefficient (Wildman–Crippen LogP) is 2.09. The summed E-state index contributed by atoms with van der Waals surface area (Å²) in [6, 6.07) is 8.82. The fourth-order valence-corrected chi connectivity index (χ4v) is 4.49. The molecule has 186 valence electrons. The lowest BCUT2D eigenvalue weighted by Crippen LogP contribution is -2.48. The van der Waals surface area contributed by atoms with Crippen LogP contribution in [0.5, 0.6) is 0 Å². The van der Waals surface area contributed by atoms with Gasteiger partial charge in [0.25, 0.3) is 5.91 Å². The Morgan fingerprint density at radius 2 is 1.86 bits per heavy atom. The third-order valence-corrected chi connectivity index (χ3v) is 6.47. The first kappa shape index (κ1) is 24.5. The molecule has 2 fully saturated rings. The van der Waals surface area contributed by atoms with Gasteiger partial charge in [-0.15, -0.1) is 0 Å². The van der Waals surface area contributed by atoms with Gasteiger partial charge >= 0.3 is 0 Å². The topological polar surface area (TPSA) is 107 Å². The molecule has 1 aromatic carbocycles. The second-order valence-corrected chi connectivity index (χ2v) is 9.01. The summed E-state index contributed by atoms with van der Waals surface area (Å²) in [6.07, 6.45) is 2.76. The fraction of sp³-hybridized carbons (Fsp3) is 0.400. The van der Waals surface area contributed by atoms with E-state index in [4.69, 9.17) is 5.73 Å². The number of likely N-dealkylation sites (N-methyl/N-ethyl adjacent to an activating group) is 1. The SMILES string of the molecule is C=CC(=O)NC1CCCN(c2nc(Nc3ccc(N4CCN(C)CC4)cc3)c(C(N)=O)cc2F)C1. The molecule has 2 saturated heterocycles. The van der Waals surface area contributed by atoms with E-state index in [0.717, 1.165) is 50.8 Å². The Morgan fingerprint density at radius 1 is 1.14 bits per heavy atom. The maximum atomic E-state index is 15.0. The van der Waals surface area contributed by atoms with E-state index in [-0.39, 0.29) is 29.1 Å². The van der Waals surface area contributed by atoms with Crippen LogP contribution in [0.3, 0.4) is 0 Å². The molecule has 0 bridgehead atoms. The van der Waals surface area contributed by atoms with Gasteiger partial charge in [-0.25, -0.2) is 9.37 Å². The lowest BCUT2D eigenvalue weighted by molar-refractivity contribution is -0.117. The maximum Gasteiger partial charge on any atom is 0.252 e. The van der Waals surface area contributed by atoms with Crippen LogP contribution in [0.1, 0.15) is 23.2 Å². The number of nitrogens with two attached hydrogens (primary N) is 1. The Bertz CT molecular complexity index is 1080. The number of carbonyl (C=O) groups is 2. The smallest absolute Gasteiger partial charge is 0.252 e. The van der Waals surface area contributed by atoms with Gasteiger partial charge in [-0.1, -0.05) is 6.58 Å². The number of rotatable bonds is 7. The highest BCUT2D eigenvalue weighted by Gasteiger charge is 2.26. The molecule has 2 aliphatic rings. The van der Waals surface area contributed by atoms with Gasteiger partial charge in [0.2, 0.25) is 5.91 Å². The van der Waals surface area contributed by atoms with Crippen LogP contribution in [0, 0.1) is 5.82 Å². The first-order chi connectivity index (χ1) is 16.8. The highest BCUT2D eigenvalue weighted by atomic mass is 19.1. The number of primary amides is 1. The number of nitrogens with zero attached hydrogens (tertiary/aromatic N) is 4. The van der Waals surface area contributed by atoms with Gasteiger partial charge in [0, 0.05) is 56.7 Å². The van der Waals surface area contributed by atoms with Crippen molar-refractivity contribution in [1.82, 2.24) is 15.2 Å². The molecule has 3 heterocycles. The number of pyridine rings is 1. The van der Waals surface area contributed by atoms with Gasteiger partial charge < -0.3 is 31.1 Å². The fourth-order valence-electron chi connectivity index (χ4n) is 4.49. The number of anilines is 4. The minimum atomic E-state index is -0.769. The van der Waals surface area contributed by atoms with Crippen LogP contribution in [0.4, 0.5) is 27.4 Å². The monoisotopic (exact) mass is 481 g/mol. The minimum Gasteiger partial charge on any atom is -0.369 e. The van der Waals surface area contributed by atoms with E-state index in [0.29, 0.717) is 18.8 Å². The normalized spacial score (nSPS) is 18.7. The van der Waals surface area contributed by atoms with Crippen LogP contribution in [-0.4, -0.2) is 74.1 Å². The van der Waals surface area contributed by atoms with Crippen LogP contribution < -0.4 is 26.2 Å². The van der Waals surface area contributed by atoms with Crippen molar-refractivity contribution in [3.05, 3.63) is 54.4 Å². The Morgan fingerprint density at radius 3 is 2.51 bits per heavy atom. The second-order valence-electron chi connectivity index (χ2n) is 9.01. The molecule has 1 atom stereocenters. The van der Waals surface area contributed by atoms with Gasteiger partial charge in [0.15, 0.2) is 11.6 Å². The number of piperidine rings is 1. The van der Waals surface area contributed by atoms with E-state index in [9.17, 15) is 9.59 Å². The zero-order chi connectivity index (χ0) is 24.9. The van der Waals surface area contributed by atoms with Crippen molar-refractivity contribution < 1.29 is 14.0 Å². The number of hydrogen-bond donors (Lipinski definition) is 3. The molecule has 2 aliphatic heterocycles. The number of amides is 2. The van der Waals surface area contributed by atoms with Gasteiger partial charge in [-0.2, -0.15) is 0 Å². The van der Waals surface area contributed by atoms with Crippen LogP contribution in [0.2, 0.25) is 0 Å². The third kappa shape index (κ3) is 5.89. The average Bonchev–Trinajstić information content (AvgIpc) is 2.86. The van der Waals surface area contributed by atoms with E-state index < -0.39 is 11.7 Å². The molecule has 35 heavy (non-hydrogen) atoms. The second kappa shape index (κ2) is 10.7. The van der Waals surface area contributed by atoms with Crippen molar-refractivity contribution in [2.75, 3.05) is 61.4 Å². The van der Waals surface area contributed by atoms with Crippen LogP contribution in [-0.2, 0) is 4.79 Å². The van der Waals surface area contributed by atoms with Crippen molar-refractivity contribution in [1.29, 1.82) is 0 Å². The Kier molecular flexibility index (Phi) is 7.50. The first-order valence-electron chi connectivity index (χ1n) is 11.8. The standard InChI is InChI=1S/C25H32FN7O2/c1-3-22(34)28-18-5-4-10-33(16-18)25-21(26)15-20(23(27)35)24(30-25)29-17-6-8-19(9-7-17)32-13-11-31(2)12-14-32/h3,6-9,15,18H,1,4-5,10-14,16H2,2H3,(H2,27,35)(H,28,34)(H,29,30). The van der Waals surface area contributed by atoms with E-state index in [1.807, 2.05) is 24.3 Å². The van der Waals surface area contributed by atoms with Gasteiger partial charge in [0.1, 0.15) is 5.82 Å². The summed E-state index contributed by atoms with van der Waals surface area (Å²) in [6.45, 7) is 8.41.